The van der Waals surface area contributed by atoms with E-state index in [4.69, 9.17) is 9.47 Å². The molecule has 0 radical (unpaired) electrons. The lowest BCUT2D eigenvalue weighted by Gasteiger charge is -2.27. The highest BCUT2D eigenvalue weighted by Gasteiger charge is 2.31. The average Bonchev–Trinajstić information content (AvgIpc) is 2.77. The number of aromatic amines is 1. The summed E-state index contributed by atoms with van der Waals surface area (Å²) in [6.07, 6.45) is 1.00. The third-order valence-corrected chi connectivity index (χ3v) is 3.66. The van der Waals surface area contributed by atoms with E-state index in [-0.39, 0.29) is 0 Å². The quantitative estimate of drug-likeness (QED) is 0.830. The minimum absolute atomic E-state index is 0.580. The van der Waals surface area contributed by atoms with E-state index in [1.165, 1.54) is 10.9 Å². The van der Waals surface area contributed by atoms with Crippen molar-refractivity contribution in [3.05, 3.63) is 35.5 Å². The summed E-state index contributed by atoms with van der Waals surface area (Å²) in [5.74, 6) is -0.153. The number of aromatic nitrogens is 1. The fourth-order valence-corrected chi connectivity index (χ4v) is 2.50. The van der Waals surface area contributed by atoms with Crippen LogP contribution in [0, 0.1) is 5.92 Å². The molecule has 1 N–H and O–H groups in total. The maximum absolute atomic E-state index is 5.57. The zero-order chi connectivity index (χ0) is 14.0. The molecule has 104 valence electrons. The van der Waals surface area contributed by atoms with E-state index in [2.05, 4.69) is 37.0 Å². The lowest BCUT2D eigenvalue weighted by molar-refractivity contribution is -0.204. The number of fused-ring (bicyclic) bond motifs is 1. The lowest BCUT2D eigenvalue weighted by atomic mass is 9.97. The minimum atomic E-state index is -0.733. The van der Waals surface area contributed by atoms with Gasteiger partial charge in [-0.2, -0.15) is 0 Å². The van der Waals surface area contributed by atoms with Gasteiger partial charge in [0.2, 0.25) is 5.79 Å². The maximum Gasteiger partial charge on any atom is 0.206 e. The van der Waals surface area contributed by atoms with E-state index in [0.29, 0.717) is 5.92 Å². The number of ether oxygens (including phenoxy) is 2. The average molecular weight is 261 g/mol. The van der Waals surface area contributed by atoms with Gasteiger partial charge in [-0.1, -0.05) is 32.0 Å². The van der Waals surface area contributed by atoms with Crippen LogP contribution in [0.3, 0.4) is 0 Å². The molecule has 0 fully saturated rings. The molecule has 2 aromatic rings. The topological polar surface area (TPSA) is 34.2 Å². The molecular formula is C16H23NO2. The second-order valence-corrected chi connectivity index (χ2v) is 5.48. The number of benzene rings is 1. The molecule has 0 amide bonds. The fraction of sp³-hybridized carbons (Fsp3) is 0.500. The van der Waals surface area contributed by atoms with Crippen molar-refractivity contribution in [3.8, 4) is 0 Å². The van der Waals surface area contributed by atoms with Crippen LogP contribution in [0.1, 0.15) is 32.0 Å². The molecule has 19 heavy (non-hydrogen) atoms. The molecule has 3 nitrogen and oxygen atoms in total. The van der Waals surface area contributed by atoms with E-state index in [9.17, 15) is 0 Å². The van der Waals surface area contributed by atoms with Crippen molar-refractivity contribution in [2.24, 2.45) is 5.92 Å². The Labute approximate surface area is 114 Å². The van der Waals surface area contributed by atoms with Crippen molar-refractivity contribution in [3.63, 3.8) is 0 Å². The van der Waals surface area contributed by atoms with Crippen molar-refractivity contribution < 1.29 is 9.47 Å². The van der Waals surface area contributed by atoms with Crippen molar-refractivity contribution in [1.29, 1.82) is 0 Å². The van der Waals surface area contributed by atoms with Gasteiger partial charge in [-0.15, -0.1) is 0 Å². The second-order valence-electron chi connectivity index (χ2n) is 5.48. The molecule has 2 rings (SSSR count). The molecule has 1 heterocycles. The number of para-hydroxylation sites is 1. The molecule has 0 saturated heterocycles. The van der Waals surface area contributed by atoms with Crippen LogP contribution in [0.15, 0.2) is 24.3 Å². The molecule has 0 spiro atoms. The zero-order valence-corrected chi connectivity index (χ0v) is 12.4. The van der Waals surface area contributed by atoms with Crippen LogP contribution in [-0.4, -0.2) is 19.2 Å². The Kier molecular flexibility index (Phi) is 3.97. The van der Waals surface area contributed by atoms with Crippen molar-refractivity contribution in [2.75, 3.05) is 14.2 Å². The van der Waals surface area contributed by atoms with Gasteiger partial charge in [0.25, 0.3) is 0 Å². The number of hydrogen-bond acceptors (Lipinski definition) is 2. The zero-order valence-electron chi connectivity index (χ0n) is 12.4. The van der Waals surface area contributed by atoms with Crippen LogP contribution in [0.5, 0.6) is 0 Å². The van der Waals surface area contributed by atoms with Crippen molar-refractivity contribution in [1.82, 2.24) is 4.98 Å². The Bertz CT molecular complexity index is 553. The first kappa shape index (κ1) is 14.1. The number of hydrogen-bond donors (Lipinski definition) is 1. The maximum atomic E-state index is 5.57. The molecule has 1 aromatic heterocycles. The molecule has 0 bridgehead atoms. The standard InChI is InChI=1S/C16H23NO2/c1-11(2)10-13-12-8-6-7-9-14(12)17-15(13)16(3,18-4)19-5/h6-9,11,17H,10H2,1-5H3. The number of nitrogens with one attached hydrogen (secondary N) is 1. The summed E-state index contributed by atoms with van der Waals surface area (Å²) in [6.45, 7) is 6.40. The van der Waals surface area contributed by atoms with Crippen LogP contribution in [0.4, 0.5) is 0 Å². The Morgan fingerprint density at radius 2 is 1.79 bits per heavy atom. The highest BCUT2D eigenvalue weighted by atomic mass is 16.7. The number of H-pyrrole nitrogens is 1. The van der Waals surface area contributed by atoms with Gasteiger partial charge in [0.05, 0.1) is 5.69 Å². The minimum Gasteiger partial charge on any atom is -0.354 e. The summed E-state index contributed by atoms with van der Waals surface area (Å²) >= 11 is 0. The summed E-state index contributed by atoms with van der Waals surface area (Å²) in [5, 5.41) is 1.26. The highest BCUT2D eigenvalue weighted by Crippen LogP contribution is 2.34. The van der Waals surface area contributed by atoms with Gasteiger partial charge < -0.3 is 14.5 Å². The first-order valence-electron chi connectivity index (χ1n) is 6.72. The molecule has 0 aliphatic carbocycles. The van der Waals surface area contributed by atoms with Gasteiger partial charge >= 0.3 is 0 Å². The van der Waals surface area contributed by atoms with Gasteiger partial charge in [-0.3, -0.25) is 0 Å². The van der Waals surface area contributed by atoms with Crippen LogP contribution in [0.25, 0.3) is 10.9 Å². The molecule has 0 aliphatic rings. The third-order valence-electron chi connectivity index (χ3n) is 3.66. The van der Waals surface area contributed by atoms with Gasteiger partial charge in [0.1, 0.15) is 0 Å². The number of methoxy groups -OCH3 is 2. The molecule has 0 saturated carbocycles. The predicted octanol–water partition coefficient (Wildman–Crippen LogP) is 3.83. The SMILES string of the molecule is COC(C)(OC)c1[nH]c2ccccc2c1CC(C)C. The van der Waals surface area contributed by atoms with Crippen LogP contribution >= 0.6 is 0 Å². The summed E-state index contributed by atoms with van der Waals surface area (Å²) in [7, 11) is 3.35. The molecule has 1 aromatic carbocycles. The second kappa shape index (κ2) is 5.35. The molecule has 0 atom stereocenters. The largest absolute Gasteiger partial charge is 0.354 e. The third kappa shape index (κ3) is 2.53. The Hall–Kier alpha value is -1.32. The lowest BCUT2D eigenvalue weighted by Crippen LogP contribution is -2.28. The van der Waals surface area contributed by atoms with Crippen molar-refractivity contribution >= 4 is 10.9 Å². The van der Waals surface area contributed by atoms with Crippen LogP contribution in [0.2, 0.25) is 0 Å². The van der Waals surface area contributed by atoms with Gasteiger partial charge in [-0.25, -0.2) is 0 Å². The summed E-state index contributed by atoms with van der Waals surface area (Å²) in [6, 6.07) is 8.35. The Balaban J connectivity index is 2.65. The monoisotopic (exact) mass is 261 g/mol. The summed E-state index contributed by atoms with van der Waals surface area (Å²) in [5.41, 5.74) is 3.44. The van der Waals surface area contributed by atoms with Gasteiger partial charge in [0, 0.05) is 25.1 Å². The van der Waals surface area contributed by atoms with E-state index >= 15 is 0 Å². The smallest absolute Gasteiger partial charge is 0.206 e. The Morgan fingerprint density at radius 1 is 1.16 bits per heavy atom. The first-order chi connectivity index (χ1) is 9.01. The molecule has 3 heteroatoms. The summed E-state index contributed by atoms with van der Waals surface area (Å²) < 4.78 is 11.1. The van der Waals surface area contributed by atoms with Gasteiger partial charge in [-0.05, 0) is 30.9 Å². The Morgan fingerprint density at radius 3 is 2.37 bits per heavy atom. The fourth-order valence-electron chi connectivity index (χ4n) is 2.50. The van der Waals surface area contributed by atoms with E-state index in [0.717, 1.165) is 17.6 Å². The van der Waals surface area contributed by atoms with Gasteiger partial charge in [0.15, 0.2) is 0 Å². The normalized spacial score (nSPS) is 12.5. The predicted molar refractivity (Wildman–Crippen MR) is 78.2 cm³/mol. The van der Waals surface area contributed by atoms with Crippen LogP contribution < -0.4 is 0 Å². The van der Waals surface area contributed by atoms with Crippen LogP contribution in [-0.2, 0) is 21.7 Å². The van der Waals surface area contributed by atoms with E-state index in [1.807, 2.05) is 13.0 Å². The molecular weight excluding hydrogens is 238 g/mol. The van der Waals surface area contributed by atoms with E-state index < -0.39 is 5.79 Å². The van der Waals surface area contributed by atoms with Crippen molar-refractivity contribution in [2.45, 2.75) is 33.0 Å². The first-order valence-corrected chi connectivity index (χ1v) is 6.72. The number of rotatable bonds is 5. The van der Waals surface area contributed by atoms with E-state index in [1.54, 1.807) is 14.2 Å². The highest BCUT2D eigenvalue weighted by molar-refractivity contribution is 5.85. The summed E-state index contributed by atoms with van der Waals surface area (Å²) in [4.78, 5) is 3.46. The molecule has 0 unspecified atom stereocenters. The molecule has 0 aliphatic heterocycles.